The van der Waals surface area contributed by atoms with E-state index in [-0.39, 0.29) is 0 Å². The Bertz CT molecular complexity index is 285. The van der Waals surface area contributed by atoms with E-state index < -0.39 is 5.97 Å². The van der Waals surface area contributed by atoms with Gasteiger partial charge in [-0.25, -0.2) is 0 Å². The molecule has 3 atom stereocenters. The fourth-order valence-corrected chi connectivity index (χ4v) is 3.51. The van der Waals surface area contributed by atoms with Crippen LogP contribution in [0, 0.1) is 17.8 Å². The second-order valence-electron chi connectivity index (χ2n) is 5.35. The molecule has 90 valence electrons. The molecule has 0 aliphatic heterocycles. The molecule has 3 heteroatoms. The number of fused-ring (bicyclic) bond motifs is 1. The fraction of sp³-hybridized carbons (Fsp3) is 0.846. The highest BCUT2D eigenvalue weighted by Gasteiger charge is 2.42. The molecule has 2 aliphatic rings. The van der Waals surface area contributed by atoms with Crippen molar-refractivity contribution in [3.05, 3.63) is 0 Å². The molecule has 0 spiro atoms. The summed E-state index contributed by atoms with van der Waals surface area (Å²) in [5.41, 5.74) is 0. The van der Waals surface area contributed by atoms with Gasteiger partial charge in [-0.05, 0) is 37.0 Å². The van der Waals surface area contributed by atoms with E-state index in [4.69, 9.17) is 5.11 Å². The summed E-state index contributed by atoms with van der Waals surface area (Å²) in [5, 5.41) is 8.55. The van der Waals surface area contributed by atoms with Crippen LogP contribution >= 0.6 is 0 Å². The quantitative estimate of drug-likeness (QED) is 0.730. The van der Waals surface area contributed by atoms with Gasteiger partial charge in [0, 0.05) is 19.3 Å². The monoisotopic (exact) mass is 224 g/mol. The van der Waals surface area contributed by atoms with Crippen molar-refractivity contribution in [2.45, 2.75) is 51.4 Å². The van der Waals surface area contributed by atoms with E-state index in [1.54, 1.807) is 0 Å². The number of Topliss-reactive ketones (excluding diaryl/α,β-unsaturated/α-hetero) is 1. The molecular formula is C13H20O3. The highest BCUT2D eigenvalue weighted by atomic mass is 16.4. The molecule has 0 unspecified atom stereocenters. The molecule has 2 rings (SSSR count). The fourth-order valence-electron chi connectivity index (χ4n) is 3.51. The normalized spacial score (nSPS) is 33.0. The Morgan fingerprint density at radius 2 is 2.06 bits per heavy atom. The number of hydrogen-bond donors (Lipinski definition) is 1. The number of aliphatic carboxylic acids is 1. The number of rotatable bonds is 5. The van der Waals surface area contributed by atoms with E-state index in [0.717, 1.165) is 32.1 Å². The lowest BCUT2D eigenvalue weighted by molar-refractivity contribution is -0.137. The predicted octanol–water partition coefficient (Wildman–Crippen LogP) is 2.64. The second kappa shape index (κ2) is 4.98. The van der Waals surface area contributed by atoms with Gasteiger partial charge in [-0.3, -0.25) is 9.59 Å². The first-order chi connectivity index (χ1) is 7.66. The third-order valence-corrected chi connectivity index (χ3v) is 4.29. The molecule has 2 saturated carbocycles. The summed E-state index contributed by atoms with van der Waals surface area (Å²) in [4.78, 5) is 21.7. The zero-order chi connectivity index (χ0) is 11.5. The molecule has 0 aromatic rings. The third kappa shape index (κ3) is 2.63. The van der Waals surface area contributed by atoms with E-state index >= 15 is 0 Å². The lowest BCUT2D eigenvalue weighted by atomic mass is 9.88. The summed E-state index contributed by atoms with van der Waals surface area (Å²) in [7, 11) is 0. The smallest absolute Gasteiger partial charge is 0.303 e. The molecule has 0 aromatic carbocycles. The lowest BCUT2D eigenvalue weighted by Crippen LogP contribution is -2.09. The van der Waals surface area contributed by atoms with Crippen LogP contribution in [0.5, 0.6) is 0 Å². The number of carbonyl (C=O) groups excluding carboxylic acids is 1. The Balaban J connectivity index is 1.70. The summed E-state index contributed by atoms with van der Waals surface area (Å²) in [6, 6.07) is 0. The van der Waals surface area contributed by atoms with Crippen LogP contribution in [0.1, 0.15) is 51.4 Å². The van der Waals surface area contributed by atoms with E-state index in [9.17, 15) is 9.59 Å². The average Bonchev–Trinajstić information content (AvgIpc) is 2.72. The van der Waals surface area contributed by atoms with Crippen LogP contribution in [-0.4, -0.2) is 16.9 Å². The van der Waals surface area contributed by atoms with Crippen molar-refractivity contribution in [1.29, 1.82) is 0 Å². The van der Waals surface area contributed by atoms with Crippen LogP contribution in [0.15, 0.2) is 0 Å². The van der Waals surface area contributed by atoms with Crippen LogP contribution < -0.4 is 0 Å². The molecule has 0 aromatic heterocycles. The summed E-state index contributed by atoms with van der Waals surface area (Å²) in [6.45, 7) is 0. The Kier molecular flexibility index (Phi) is 3.62. The third-order valence-electron chi connectivity index (χ3n) is 4.29. The first-order valence-corrected chi connectivity index (χ1v) is 6.40. The van der Waals surface area contributed by atoms with Gasteiger partial charge in [-0.2, -0.15) is 0 Å². The van der Waals surface area contributed by atoms with Crippen LogP contribution in [-0.2, 0) is 9.59 Å². The topological polar surface area (TPSA) is 54.4 Å². The summed E-state index contributed by atoms with van der Waals surface area (Å²) in [6.07, 6.45) is 7.31. The molecule has 0 radical (unpaired) electrons. The zero-order valence-electron chi connectivity index (χ0n) is 9.65. The predicted molar refractivity (Wildman–Crippen MR) is 60.0 cm³/mol. The minimum atomic E-state index is -0.694. The van der Waals surface area contributed by atoms with Crippen LogP contribution in [0.4, 0.5) is 0 Å². The summed E-state index contributed by atoms with van der Waals surface area (Å²) < 4.78 is 0. The standard InChI is InChI=1S/C13H20O3/c14-11-7-10-6-5-9(12(10)8-11)3-1-2-4-13(15)16/h9-10,12H,1-8H2,(H,15,16)/t9-,10-,12-/m1/s1. The highest BCUT2D eigenvalue weighted by Crippen LogP contribution is 2.47. The molecule has 16 heavy (non-hydrogen) atoms. The van der Waals surface area contributed by atoms with Crippen molar-refractivity contribution in [1.82, 2.24) is 0 Å². The lowest BCUT2D eigenvalue weighted by Gasteiger charge is -2.17. The number of hydrogen-bond acceptors (Lipinski definition) is 2. The van der Waals surface area contributed by atoms with E-state index in [1.165, 1.54) is 12.8 Å². The number of carbonyl (C=O) groups is 2. The van der Waals surface area contributed by atoms with Gasteiger partial charge >= 0.3 is 5.97 Å². The van der Waals surface area contributed by atoms with Gasteiger partial charge < -0.3 is 5.11 Å². The van der Waals surface area contributed by atoms with E-state index in [2.05, 4.69) is 0 Å². The molecule has 2 fully saturated rings. The highest BCUT2D eigenvalue weighted by molar-refractivity contribution is 5.81. The number of carboxylic acids is 1. The van der Waals surface area contributed by atoms with E-state index in [1.807, 2.05) is 0 Å². The van der Waals surface area contributed by atoms with Crippen molar-refractivity contribution >= 4 is 11.8 Å². The molecule has 1 N–H and O–H groups in total. The number of unbranched alkanes of at least 4 members (excludes halogenated alkanes) is 1. The molecule has 0 heterocycles. The molecule has 0 saturated heterocycles. The van der Waals surface area contributed by atoms with Crippen molar-refractivity contribution in [3.8, 4) is 0 Å². The maximum Gasteiger partial charge on any atom is 0.303 e. The molecule has 2 aliphatic carbocycles. The average molecular weight is 224 g/mol. The molecule has 3 nitrogen and oxygen atoms in total. The van der Waals surface area contributed by atoms with Crippen LogP contribution in [0.2, 0.25) is 0 Å². The maximum absolute atomic E-state index is 11.3. The molecule has 0 amide bonds. The number of carboxylic acid groups (broad SMARTS) is 1. The number of ketones is 1. The van der Waals surface area contributed by atoms with Crippen molar-refractivity contribution in [2.24, 2.45) is 17.8 Å². The largest absolute Gasteiger partial charge is 0.481 e. The first-order valence-electron chi connectivity index (χ1n) is 6.40. The zero-order valence-corrected chi connectivity index (χ0v) is 9.65. The Morgan fingerprint density at radius 1 is 1.25 bits per heavy atom. The first kappa shape index (κ1) is 11.6. The Labute approximate surface area is 96.2 Å². The minimum Gasteiger partial charge on any atom is -0.481 e. The van der Waals surface area contributed by atoms with Gasteiger partial charge in [0.1, 0.15) is 5.78 Å². The van der Waals surface area contributed by atoms with Crippen LogP contribution in [0.3, 0.4) is 0 Å². The summed E-state index contributed by atoms with van der Waals surface area (Å²) in [5.74, 6) is 1.75. The maximum atomic E-state index is 11.3. The van der Waals surface area contributed by atoms with E-state index in [0.29, 0.717) is 30.0 Å². The second-order valence-corrected chi connectivity index (χ2v) is 5.35. The SMILES string of the molecule is O=C(O)CCCC[C@@H]1CC[C@@H]2CC(=O)C[C@H]12. The molecule has 0 bridgehead atoms. The Morgan fingerprint density at radius 3 is 2.81 bits per heavy atom. The van der Waals surface area contributed by atoms with Crippen molar-refractivity contribution in [2.75, 3.05) is 0 Å². The van der Waals surface area contributed by atoms with Gasteiger partial charge in [-0.1, -0.05) is 12.8 Å². The van der Waals surface area contributed by atoms with Crippen molar-refractivity contribution in [3.63, 3.8) is 0 Å². The Hall–Kier alpha value is -0.860. The van der Waals surface area contributed by atoms with Gasteiger partial charge in [0.15, 0.2) is 0 Å². The van der Waals surface area contributed by atoms with Gasteiger partial charge in [0.2, 0.25) is 0 Å². The van der Waals surface area contributed by atoms with Gasteiger partial charge in [0.25, 0.3) is 0 Å². The van der Waals surface area contributed by atoms with Crippen LogP contribution in [0.25, 0.3) is 0 Å². The minimum absolute atomic E-state index is 0.291. The van der Waals surface area contributed by atoms with Crippen molar-refractivity contribution < 1.29 is 14.7 Å². The summed E-state index contributed by atoms with van der Waals surface area (Å²) >= 11 is 0. The van der Waals surface area contributed by atoms with Gasteiger partial charge in [0.05, 0.1) is 0 Å². The molecular weight excluding hydrogens is 204 g/mol. The van der Waals surface area contributed by atoms with Gasteiger partial charge in [-0.15, -0.1) is 0 Å².